The molecule has 1 rings (SSSR count). The fourth-order valence-corrected chi connectivity index (χ4v) is 2.48. The molecule has 0 N–H and O–H groups in total. The summed E-state index contributed by atoms with van der Waals surface area (Å²) in [7, 11) is -0.558. The third-order valence-corrected chi connectivity index (χ3v) is 4.94. The van der Waals surface area contributed by atoms with Crippen molar-refractivity contribution < 1.29 is 0 Å². The average molecular weight is 197 g/mol. The number of piperidine rings is 1. The van der Waals surface area contributed by atoms with Crippen LogP contribution in [-0.4, -0.2) is 33.3 Å². The molecule has 1 aliphatic heterocycles. The Balaban J connectivity index is 2.13. The molecular formula is C11H23NSi. The zero-order valence-electron chi connectivity index (χ0n) is 9.18. The summed E-state index contributed by atoms with van der Waals surface area (Å²) in [5.74, 6) is 0. The van der Waals surface area contributed by atoms with Crippen LogP contribution in [0.3, 0.4) is 0 Å². The van der Waals surface area contributed by atoms with E-state index >= 15 is 0 Å². The molecule has 0 atom stereocenters. The summed E-state index contributed by atoms with van der Waals surface area (Å²) in [4.78, 5) is 2.60. The van der Waals surface area contributed by atoms with E-state index in [1.807, 2.05) is 0 Å². The Morgan fingerprint density at radius 1 is 1.23 bits per heavy atom. The fraction of sp³-hybridized carbons (Fsp3) is 0.818. The summed E-state index contributed by atoms with van der Waals surface area (Å²) in [6.45, 7) is 12.8. The van der Waals surface area contributed by atoms with Crippen molar-refractivity contribution in [3.8, 4) is 0 Å². The lowest BCUT2D eigenvalue weighted by Crippen LogP contribution is -2.31. The Hall–Kier alpha value is -0.0831. The Labute approximate surface area is 84.4 Å². The molecule has 2 heteroatoms. The second-order valence-corrected chi connectivity index (χ2v) is 7.59. The summed E-state index contributed by atoms with van der Waals surface area (Å²) in [6.07, 6.45) is 5.51. The second kappa shape index (κ2) is 5.61. The maximum absolute atomic E-state index is 4.17. The maximum atomic E-state index is 4.17. The van der Waals surface area contributed by atoms with Gasteiger partial charge >= 0.3 is 0 Å². The van der Waals surface area contributed by atoms with Crippen LogP contribution in [0.5, 0.6) is 0 Å². The first-order valence-corrected chi connectivity index (χ1v) is 8.49. The SMILES string of the molecule is C=C(CCN1CCCCC1)[SiH](C)C. The van der Waals surface area contributed by atoms with Gasteiger partial charge in [-0.3, -0.25) is 0 Å². The van der Waals surface area contributed by atoms with E-state index in [4.69, 9.17) is 0 Å². The van der Waals surface area contributed by atoms with E-state index < -0.39 is 8.80 Å². The topological polar surface area (TPSA) is 3.24 Å². The summed E-state index contributed by atoms with van der Waals surface area (Å²) in [5.41, 5.74) is 0. The molecule has 0 aromatic heterocycles. The fourth-order valence-electron chi connectivity index (χ4n) is 1.77. The van der Waals surface area contributed by atoms with Gasteiger partial charge in [0.2, 0.25) is 0 Å². The minimum absolute atomic E-state index is 0.558. The van der Waals surface area contributed by atoms with Crippen molar-refractivity contribution >= 4 is 8.80 Å². The highest BCUT2D eigenvalue weighted by atomic mass is 28.3. The highest BCUT2D eigenvalue weighted by molar-refractivity contribution is 6.63. The quantitative estimate of drug-likeness (QED) is 0.626. The normalized spacial score (nSPS) is 19.3. The molecule has 76 valence electrons. The third kappa shape index (κ3) is 4.10. The van der Waals surface area contributed by atoms with Crippen LogP contribution in [0, 0.1) is 0 Å². The number of likely N-dealkylation sites (tertiary alicyclic amines) is 1. The number of hydrogen-bond donors (Lipinski definition) is 0. The zero-order valence-corrected chi connectivity index (χ0v) is 10.3. The molecule has 1 aliphatic rings. The Morgan fingerprint density at radius 3 is 2.38 bits per heavy atom. The summed E-state index contributed by atoms with van der Waals surface area (Å²) in [5, 5.41) is 1.55. The maximum Gasteiger partial charge on any atom is 0.0588 e. The van der Waals surface area contributed by atoms with Crippen molar-refractivity contribution in [3.05, 3.63) is 11.8 Å². The highest BCUT2D eigenvalue weighted by Gasteiger charge is 2.10. The van der Waals surface area contributed by atoms with Crippen LogP contribution in [0.4, 0.5) is 0 Å². The first-order valence-electron chi connectivity index (χ1n) is 5.60. The van der Waals surface area contributed by atoms with Gasteiger partial charge in [0.1, 0.15) is 0 Å². The van der Waals surface area contributed by atoms with Gasteiger partial charge in [0.15, 0.2) is 0 Å². The van der Waals surface area contributed by atoms with Crippen molar-refractivity contribution in [2.45, 2.75) is 38.8 Å². The Morgan fingerprint density at radius 2 is 1.85 bits per heavy atom. The Kier molecular flexibility index (Phi) is 4.74. The van der Waals surface area contributed by atoms with Gasteiger partial charge in [0.05, 0.1) is 8.80 Å². The van der Waals surface area contributed by atoms with E-state index in [9.17, 15) is 0 Å². The van der Waals surface area contributed by atoms with Crippen LogP contribution in [0.2, 0.25) is 13.1 Å². The van der Waals surface area contributed by atoms with Crippen molar-refractivity contribution in [1.82, 2.24) is 4.90 Å². The van der Waals surface area contributed by atoms with Crippen molar-refractivity contribution in [3.63, 3.8) is 0 Å². The van der Waals surface area contributed by atoms with E-state index in [0.29, 0.717) is 0 Å². The molecule has 0 aromatic carbocycles. The molecule has 0 radical (unpaired) electrons. The molecule has 1 fully saturated rings. The molecule has 0 bridgehead atoms. The average Bonchev–Trinajstić information content (AvgIpc) is 2.15. The van der Waals surface area contributed by atoms with Crippen LogP contribution in [0.1, 0.15) is 25.7 Å². The van der Waals surface area contributed by atoms with Crippen molar-refractivity contribution in [1.29, 1.82) is 0 Å². The number of hydrogen-bond acceptors (Lipinski definition) is 1. The van der Waals surface area contributed by atoms with Gasteiger partial charge in [-0.05, 0) is 32.4 Å². The summed E-state index contributed by atoms with van der Waals surface area (Å²) >= 11 is 0. The van der Waals surface area contributed by atoms with Gasteiger partial charge in [-0.15, -0.1) is 6.58 Å². The lowest BCUT2D eigenvalue weighted by atomic mass is 10.1. The molecule has 0 saturated carbocycles. The minimum Gasteiger partial charge on any atom is -0.303 e. The molecule has 0 amide bonds. The predicted molar refractivity (Wildman–Crippen MR) is 62.9 cm³/mol. The van der Waals surface area contributed by atoms with E-state index in [0.717, 1.165) is 0 Å². The molecule has 13 heavy (non-hydrogen) atoms. The van der Waals surface area contributed by atoms with Gasteiger partial charge in [-0.1, -0.05) is 24.7 Å². The van der Waals surface area contributed by atoms with E-state index in [-0.39, 0.29) is 0 Å². The number of nitrogens with zero attached hydrogens (tertiary/aromatic N) is 1. The zero-order chi connectivity index (χ0) is 9.68. The van der Waals surface area contributed by atoms with Crippen LogP contribution < -0.4 is 0 Å². The van der Waals surface area contributed by atoms with Crippen molar-refractivity contribution in [2.75, 3.05) is 19.6 Å². The molecule has 0 aliphatic carbocycles. The van der Waals surface area contributed by atoms with Gasteiger partial charge in [0.25, 0.3) is 0 Å². The van der Waals surface area contributed by atoms with Gasteiger partial charge in [-0.25, -0.2) is 0 Å². The summed E-state index contributed by atoms with van der Waals surface area (Å²) in [6, 6.07) is 0. The van der Waals surface area contributed by atoms with E-state index in [1.54, 1.807) is 5.20 Å². The predicted octanol–water partition coefficient (Wildman–Crippen LogP) is 2.44. The Bertz CT molecular complexity index is 159. The first kappa shape index (κ1) is 11.0. The first-order chi connectivity index (χ1) is 6.20. The monoisotopic (exact) mass is 197 g/mol. The van der Waals surface area contributed by atoms with Crippen LogP contribution in [-0.2, 0) is 0 Å². The molecule has 0 aromatic rings. The standard InChI is InChI=1S/C11H23NSi/c1-11(13(2)3)7-10-12-8-5-4-6-9-12/h13H,1,4-10H2,2-3H3. The van der Waals surface area contributed by atoms with Gasteiger partial charge < -0.3 is 4.90 Å². The highest BCUT2D eigenvalue weighted by Crippen LogP contribution is 2.11. The van der Waals surface area contributed by atoms with E-state index in [1.165, 1.54) is 45.3 Å². The van der Waals surface area contributed by atoms with Crippen LogP contribution in [0.25, 0.3) is 0 Å². The second-order valence-electron chi connectivity index (χ2n) is 4.47. The van der Waals surface area contributed by atoms with Crippen LogP contribution in [0.15, 0.2) is 11.8 Å². The minimum atomic E-state index is -0.558. The molecule has 1 nitrogen and oxygen atoms in total. The lowest BCUT2D eigenvalue weighted by molar-refractivity contribution is 0.232. The van der Waals surface area contributed by atoms with E-state index in [2.05, 4.69) is 24.6 Å². The van der Waals surface area contributed by atoms with Gasteiger partial charge in [0, 0.05) is 6.54 Å². The smallest absolute Gasteiger partial charge is 0.0588 e. The summed E-state index contributed by atoms with van der Waals surface area (Å²) < 4.78 is 0. The lowest BCUT2D eigenvalue weighted by Gasteiger charge is -2.26. The van der Waals surface area contributed by atoms with Crippen LogP contribution >= 0.6 is 0 Å². The molecule has 1 heterocycles. The third-order valence-electron chi connectivity index (χ3n) is 3.01. The molecule has 1 saturated heterocycles. The molecule has 0 spiro atoms. The van der Waals surface area contributed by atoms with Crippen molar-refractivity contribution in [2.24, 2.45) is 0 Å². The van der Waals surface area contributed by atoms with Gasteiger partial charge in [-0.2, -0.15) is 0 Å². The molecular weight excluding hydrogens is 174 g/mol. The number of rotatable bonds is 4. The largest absolute Gasteiger partial charge is 0.303 e. The molecule has 0 unspecified atom stereocenters.